The van der Waals surface area contributed by atoms with E-state index in [0.717, 1.165) is 5.69 Å². The van der Waals surface area contributed by atoms with E-state index in [1.54, 1.807) is 24.0 Å². The largest absolute Gasteiger partial charge is 0.452 e. The summed E-state index contributed by atoms with van der Waals surface area (Å²) in [5, 5.41) is 3.94. The maximum absolute atomic E-state index is 11.3. The van der Waals surface area contributed by atoms with Crippen LogP contribution in [-0.4, -0.2) is 20.7 Å². The Balaban J connectivity index is 1.95. The molecule has 0 atom stereocenters. The second-order valence-electron chi connectivity index (χ2n) is 2.86. The number of oxazole rings is 1. The molecular weight excluding hydrogens is 198 g/mol. The minimum absolute atomic E-state index is 0.0443. The Morgan fingerprint density at radius 2 is 2.47 bits per heavy atom. The van der Waals surface area contributed by atoms with Gasteiger partial charge in [-0.15, -0.1) is 0 Å². The van der Waals surface area contributed by atoms with E-state index in [1.807, 2.05) is 0 Å². The zero-order chi connectivity index (χ0) is 10.7. The van der Waals surface area contributed by atoms with Crippen molar-refractivity contribution in [3.63, 3.8) is 0 Å². The van der Waals surface area contributed by atoms with E-state index in [9.17, 15) is 4.79 Å². The van der Waals surface area contributed by atoms with Crippen molar-refractivity contribution in [3.05, 3.63) is 36.3 Å². The molecule has 0 amide bonds. The Hall–Kier alpha value is -2.11. The smallest absolute Gasteiger partial charge is 0.395 e. The van der Waals surface area contributed by atoms with E-state index >= 15 is 0 Å². The average Bonchev–Trinajstić information content (AvgIpc) is 2.85. The third-order valence-electron chi connectivity index (χ3n) is 1.88. The molecule has 6 heteroatoms. The molecule has 0 aromatic carbocycles. The lowest BCUT2D eigenvalue weighted by molar-refractivity contribution is 0.0417. The van der Waals surface area contributed by atoms with Gasteiger partial charge in [-0.2, -0.15) is 5.10 Å². The van der Waals surface area contributed by atoms with Crippen molar-refractivity contribution in [3.8, 4) is 0 Å². The second-order valence-corrected chi connectivity index (χ2v) is 2.86. The molecule has 2 aromatic rings. The summed E-state index contributed by atoms with van der Waals surface area (Å²) in [7, 11) is 1.77. The number of hydrogen-bond acceptors (Lipinski definition) is 5. The molecule has 0 unspecified atom stereocenters. The fourth-order valence-electron chi connectivity index (χ4n) is 1.07. The highest BCUT2D eigenvalue weighted by molar-refractivity contribution is 5.83. The summed E-state index contributed by atoms with van der Waals surface area (Å²) in [4.78, 5) is 15.0. The first-order chi connectivity index (χ1) is 7.27. The van der Waals surface area contributed by atoms with Gasteiger partial charge >= 0.3 is 11.9 Å². The molecule has 0 spiro atoms. The predicted molar refractivity (Wildman–Crippen MR) is 48.8 cm³/mol. The molecule has 0 aliphatic heterocycles. The third kappa shape index (κ3) is 2.04. The van der Waals surface area contributed by atoms with Crippen LogP contribution in [0.3, 0.4) is 0 Å². The van der Waals surface area contributed by atoms with Crippen LogP contribution in [0.4, 0.5) is 0 Å². The van der Waals surface area contributed by atoms with E-state index < -0.39 is 5.97 Å². The normalized spacial score (nSPS) is 10.2. The number of esters is 1. The van der Waals surface area contributed by atoms with Crippen molar-refractivity contribution in [2.45, 2.75) is 6.61 Å². The fraction of sp³-hybridized carbons (Fsp3) is 0.222. The van der Waals surface area contributed by atoms with Crippen molar-refractivity contribution in [2.24, 2.45) is 7.05 Å². The molecule has 6 nitrogen and oxygen atoms in total. The van der Waals surface area contributed by atoms with Crippen molar-refractivity contribution < 1.29 is 13.9 Å². The highest BCUT2D eigenvalue weighted by Gasteiger charge is 2.12. The Morgan fingerprint density at radius 1 is 1.60 bits per heavy atom. The molecule has 0 N–H and O–H groups in total. The summed E-state index contributed by atoms with van der Waals surface area (Å²) in [5.41, 5.74) is 0.801. The van der Waals surface area contributed by atoms with Gasteiger partial charge in [-0.05, 0) is 6.07 Å². The molecule has 78 valence electrons. The molecular formula is C9H9N3O3. The van der Waals surface area contributed by atoms with E-state index in [4.69, 9.17) is 9.15 Å². The van der Waals surface area contributed by atoms with Crippen LogP contribution in [0.2, 0.25) is 0 Å². The molecule has 0 aliphatic carbocycles. The number of rotatable bonds is 3. The lowest BCUT2D eigenvalue weighted by Crippen LogP contribution is -2.08. The van der Waals surface area contributed by atoms with Crippen molar-refractivity contribution >= 4 is 5.97 Å². The van der Waals surface area contributed by atoms with Gasteiger partial charge in [0.1, 0.15) is 12.9 Å². The summed E-state index contributed by atoms with van der Waals surface area (Å²) in [6, 6.07) is 1.77. The van der Waals surface area contributed by atoms with Crippen LogP contribution in [0, 0.1) is 0 Å². The summed E-state index contributed by atoms with van der Waals surface area (Å²) in [5.74, 6) is -0.627. The molecule has 0 saturated heterocycles. The standard InChI is InChI=1S/C9H9N3O3/c1-12-7(2-3-11-12)6-15-9(13)8-10-4-5-14-8/h2-5H,6H2,1H3. The SMILES string of the molecule is Cn1nccc1COC(=O)c1ncco1. The van der Waals surface area contributed by atoms with Gasteiger partial charge in [-0.1, -0.05) is 0 Å². The molecule has 2 heterocycles. The molecule has 0 fully saturated rings. The van der Waals surface area contributed by atoms with Crippen LogP contribution in [0.1, 0.15) is 16.4 Å². The minimum Gasteiger partial charge on any atom is -0.452 e. The minimum atomic E-state index is -0.582. The van der Waals surface area contributed by atoms with Gasteiger partial charge in [0, 0.05) is 13.2 Å². The van der Waals surface area contributed by atoms with Gasteiger partial charge in [0.15, 0.2) is 0 Å². The highest BCUT2D eigenvalue weighted by Crippen LogP contribution is 2.03. The van der Waals surface area contributed by atoms with Gasteiger partial charge in [0.2, 0.25) is 0 Å². The van der Waals surface area contributed by atoms with E-state index in [2.05, 4.69) is 10.1 Å². The van der Waals surface area contributed by atoms with Crippen LogP contribution in [0.5, 0.6) is 0 Å². The Kier molecular flexibility index (Phi) is 2.49. The van der Waals surface area contributed by atoms with Gasteiger partial charge in [-0.25, -0.2) is 9.78 Å². The molecule has 2 aromatic heterocycles. The van der Waals surface area contributed by atoms with E-state index in [0.29, 0.717) is 0 Å². The third-order valence-corrected chi connectivity index (χ3v) is 1.88. The molecule has 0 radical (unpaired) electrons. The zero-order valence-electron chi connectivity index (χ0n) is 8.08. The highest BCUT2D eigenvalue weighted by atomic mass is 16.5. The molecule has 0 saturated carbocycles. The second kappa shape index (κ2) is 3.95. The number of aromatic nitrogens is 3. The number of hydrogen-bond donors (Lipinski definition) is 0. The quantitative estimate of drug-likeness (QED) is 0.695. The lowest BCUT2D eigenvalue weighted by atomic mass is 10.4. The molecule has 0 bridgehead atoms. The van der Waals surface area contributed by atoms with Gasteiger partial charge in [0.05, 0.1) is 11.9 Å². The van der Waals surface area contributed by atoms with Crippen LogP contribution >= 0.6 is 0 Å². The number of nitrogens with zero attached hydrogens (tertiary/aromatic N) is 3. The Morgan fingerprint density at radius 3 is 3.07 bits per heavy atom. The zero-order valence-corrected chi connectivity index (χ0v) is 8.08. The maximum atomic E-state index is 11.3. The van der Waals surface area contributed by atoms with Gasteiger partial charge in [-0.3, -0.25) is 4.68 Å². The van der Waals surface area contributed by atoms with Crippen molar-refractivity contribution in [2.75, 3.05) is 0 Å². The Bertz CT molecular complexity index is 447. The maximum Gasteiger partial charge on any atom is 0.395 e. The predicted octanol–water partition coefficient (Wildman–Crippen LogP) is 0.765. The molecule has 15 heavy (non-hydrogen) atoms. The summed E-state index contributed by atoms with van der Waals surface area (Å²) >= 11 is 0. The monoisotopic (exact) mass is 207 g/mol. The first kappa shape index (κ1) is 9.45. The summed E-state index contributed by atoms with van der Waals surface area (Å²) < 4.78 is 11.4. The van der Waals surface area contributed by atoms with Crippen LogP contribution < -0.4 is 0 Å². The van der Waals surface area contributed by atoms with E-state index in [-0.39, 0.29) is 12.5 Å². The number of carbonyl (C=O) groups is 1. The number of ether oxygens (including phenoxy) is 1. The topological polar surface area (TPSA) is 70.2 Å². The van der Waals surface area contributed by atoms with Gasteiger partial charge < -0.3 is 9.15 Å². The van der Waals surface area contributed by atoms with Crippen LogP contribution in [0.15, 0.2) is 29.1 Å². The number of aryl methyl sites for hydroxylation is 1. The summed E-state index contributed by atoms with van der Waals surface area (Å²) in [6.45, 7) is 0.151. The first-order valence-electron chi connectivity index (χ1n) is 4.31. The van der Waals surface area contributed by atoms with Crippen molar-refractivity contribution in [1.29, 1.82) is 0 Å². The van der Waals surface area contributed by atoms with Crippen molar-refractivity contribution in [1.82, 2.24) is 14.8 Å². The fourth-order valence-corrected chi connectivity index (χ4v) is 1.07. The summed E-state index contributed by atoms with van der Waals surface area (Å²) in [6.07, 6.45) is 4.34. The first-order valence-corrected chi connectivity index (χ1v) is 4.31. The van der Waals surface area contributed by atoms with Crippen LogP contribution in [-0.2, 0) is 18.4 Å². The van der Waals surface area contributed by atoms with Gasteiger partial charge in [0.25, 0.3) is 0 Å². The van der Waals surface area contributed by atoms with Crippen LogP contribution in [0.25, 0.3) is 0 Å². The molecule has 2 rings (SSSR count). The van der Waals surface area contributed by atoms with E-state index in [1.165, 1.54) is 12.5 Å². The Labute approximate surface area is 85.5 Å². The lowest BCUT2D eigenvalue weighted by Gasteiger charge is -2.02. The average molecular weight is 207 g/mol. The molecule has 0 aliphatic rings. The number of carbonyl (C=O) groups excluding carboxylic acids is 1.